The van der Waals surface area contributed by atoms with Gasteiger partial charge in [-0.3, -0.25) is 39.1 Å². The molecule has 6 aliphatic heterocycles. The van der Waals surface area contributed by atoms with Crippen molar-refractivity contribution in [1.29, 1.82) is 0 Å². The van der Waals surface area contributed by atoms with Gasteiger partial charge in [0.2, 0.25) is 0 Å². The van der Waals surface area contributed by atoms with Crippen LogP contribution in [-0.4, -0.2) is 123 Å². The molecular formula is C74H83N15O8. The third-order valence-corrected chi connectivity index (χ3v) is 18.5. The highest BCUT2D eigenvalue weighted by Gasteiger charge is 2.27. The first-order chi connectivity index (χ1) is 46.8. The van der Waals surface area contributed by atoms with E-state index < -0.39 is 45.9 Å². The predicted octanol–water partition coefficient (Wildman–Crippen LogP) is 8.04. The van der Waals surface area contributed by atoms with Gasteiger partial charge < -0.3 is 29.2 Å². The Morgan fingerprint density at radius 2 is 0.897 bits per heavy atom. The summed E-state index contributed by atoms with van der Waals surface area (Å²) in [6.45, 7) is 20.2. The maximum atomic E-state index is 12.6. The van der Waals surface area contributed by atoms with Crippen LogP contribution < -0.4 is 39.1 Å². The predicted molar refractivity (Wildman–Crippen MR) is 378 cm³/mol. The molecule has 0 bridgehead atoms. The number of aromatic amines is 3. The molecule has 2 atom stereocenters. The SMILES string of the molecule is CCCCN(CCn1c2nc(=O)[nH]c(=O)c-2nc2cc(C)c(C)cc21)Cc1ccccc1.Cc1cc2nc3c(=O)[nH]c(=O)nc-3n(CCN(Cc3ccccc3)C3CCCC3)c2cc1C.Cc1cc2nc3c(=O)[nH]c(=O)nc-3n(CCN[C@H](CO)[C@H](O)c3ccccc3)c2cc1C. The summed E-state index contributed by atoms with van der Waals surface area (Å²) in [4.78, 5) is 111. The molecule has 0 saturated heterocycles. The van der Waals surface area contributed by atoms with Gasteiger partial charge in [-0.05, 0) is 154 Å². The lowest BCUT2D eigenvalue weighted by atomic mass is 10.0. The number of aryl methyl sites for hydroxylation is 6. The first-order valence-electron chi connectivity index (χ1n) is 33.2. The van der Waals surface area contributed by atoms with Gasteiger partial charge >= 0.3 is 17.1 Å². The van der Waals surface area contributed by atoms with Crippen LogP contribution in [0.3, 0.4) is 0 Å². The van der Waals surface area contributed by atoms with Crippen molar-refractivity contribution in [2.45, 2.75) is 138 Å². The Morgan fingerprint density at radius 3 is 1.32 bits per heavy atom. The first-order valence-corrected chi connectivity index (χ1v) is 33.2. The molecular weight excluding hydrogens is 1230 g/mol. The summed E-state index contributed by atoms with van der Waals surface area (Å²) in [6.07, 6.45) is 6.27. The zero-order chi connectivity index (χ0) is 68.4. The van der Waals surface area contributed by atoms with Crippen LogP contribution in [0.25, 0.3) is 67.7 Å². The van der Waals surface area contributed by atoms with Crippen molar-refractivity contribution in [3.8, 4) is 34.6 Å². The summed E-state index contributed by atoms with van der Waals surface area (Å²) >= 11 is 0. The lowest BCUT2D eigenvalue weighted by molar-refractivity contribution is 0.0897. The molecule has 6 aromatic carbocycles. The molecule has 23 nitrogen and oxygen atoms in total. The number of aromatic nitrogens is 12. The Kier molecular flexibility index (Phi) is 21.7. The molecule has 0 spiro atoms. The topological polar surface area (TPSA) is 301 Å². The summed E-state index contributed by atoms with van der Waals surface area (Å²) in [5.74, 6) is 0.885. The average Bonchev–Trinajstić information content (AvgIpc) is 1.09. The third-order valence-electron chi connectivity index (χ3n) is 18.5. The minimum Gasteiger partial charge on any atom is -0.395 e. The van der Waals surface area contributed by atoms with Crippen molar-refractivity contribution >= 4 is 33.1 Å². The van der Waals surface area contributed by atoms with Crippen molar-refractivity contribution in [1.82, 2.24) is 73.7 Å². The molecule has 13 rings (SSSR count). The van der Waals surface area contributed by atoms with E-state index in [2.05, 4.69) is 141 Å². The molecule has 6 aromatic rings. The maximum Gasteiger partial charge on any atom is 0.349 e. The van der Waals surface area contributed by atoms with E-state index in [0.717, 1.165) is 107 Å². The second-order valence-corrected chi connectivity index (χ2v) is 25.3. The maximum absolute atomic E-state index is 12.6. The molecule has 97 heavy (non-hydrogen) atoms. The number of aliphatic hydroxyl groups excluding tert-OH is 2. The molecule has 1 saturated carbocycles. The monoisotopic (exact) mass is 1310 g/mol. The van der Waals surface area contributed by atoms with Crippen molar-refractivity contribution in [2.24, 2.45) is 0 Å². The molecule has 0 aromatic heterocycles. The molecule has 1 fully saturated rings. The third kappa shape index (κ3) is 15.9. The van der Waals surface area contributed by atoms with E-state index in [1.165, 1.54) is 36.8 Å². The highest BCUT2D eigenvalue weighted by molar-refractivity contribution is 5.83. The van der Waals surface area contributed by atoms with E-state index in [4.69, 9.17) is 0 Å². The van der Waals surface area contributed by atoms with Gasteiger partial charge in [-0.15, -0.1) is 0 Å². The summed E-state index contributed by atoms with van der Waals surface area (Å²) < 4.78 is 5.76. The Morgan fingerprint density at radius 1 is 0.505 bits per heavy atom. The molecule has 0 unspecified atom stereocenters. The number of nitrogens with zero attached hydrogens (tertiary/aromatic N) is 11. The van der Waals surface area contributed by atoms with Gasteiger partial charge in [0, 0.05) is 58.4 Å². The highest BCUT2D eigenvalue weighted by atomic mass is 16.3. The lowest BCUT2D eigenvalue weighted by Gasteiger charge is -2.30. The second kappa shape index (κ2) is 30.8. The number of fused-ring (bicyclic) bond motifs is 6. The minimum absolute atomic E-state index is 0.0865. The van der Waals surface area contributed by atoms with E-state index in [-0.39, 0.29) is 29.5 Å². The zero-order valence-corrected chi connectivity index (χ0v) is 55.9. The van der Waals surface area contributed by atoms with E-state index in [9.17, 15) is 39.0 Å². The van der Waals surface area contributed by atoms with Crippen LogP contribution in [-0.2, 0) is 32.7 Å². The van der Waals surface area contributed by atoms with Crippen LogP contribution in [0.1, 0.15) is 102 Å². The van der Waals surface area contributed by atoms with Crippen molar-refractivity contribution in [3.63, 3.8) is 0 Å². The number of aliphatic hydroxyl groups is 2. The van der Waals surface area contributed by atoms with Crippen LogP contribution in [0.5, 0.6) is 0 Å². The number of nitrogens with one attached hydrogen (secondary N) is 4. The zero-order valence-electron chi connectivity index (χ0n) is 55.9. The Bertz CT molecular complexity index is 5010. The van der Waals surface area contributed by atoms with Gasteiger partial charge in [-0.2, -0.15) is 15.0 Å². The van der Waals surface area contributed by atoms with Crippen LogP contribution in [0.15, 0.2) is 156 Å². The fraction of sp³-hybridized carbons (Fsp3) is 0.351. The van der Waals surface area contributed by atoms with E-state index in [1.807, 2.05) is 91.4 Å². The van der Waals surface area contributed by atoms with Crippen molar-refractivity contribution in [2.75, 3.05) is 32.8 Å². The summed E-state index contributed by atoms with van der Waals surface area (Å²) in [5, 5.41) is 23.6. The molecule has 0 radical (unpaired) electrons. The van der Waals surface area contributed by atoms with Gasteiger partial charge in [-0.25, -0.2) is 29.3 Å². The molecule has 6 heterocycles. The Hall–Kier alpha value is -10.0. The quantitative estimate of drug-likeness (QED) is 0.0371. The minimum atomic E-state index is -0.892. The lowest BCUT2D eigenvalue weighted by Crippen LogP contribution is -2.40. The number of rotatable bonds is 21. The molecule has 6 N–H and O–H groups in total. The highest BCUT2D eigenvalue weighted by Crippen LogP contribution is 2.30. The van der Waals surface area contributed by atoms with Gasteiger partial charge in [0.15, 0.2) is 34.6 Å². The van der Waals surface area contributed by atoms with E-state index in [1.54, 1.807) is 16.7 Å². The van der Waals surface area contributed by atoms with Crippen LogP contribution in [0.2, 0.25) is 0 Å². The van der Waals surface area contributed by atoms with Crippen LogP contribution in [0.4, 0.5) is 0 Å². The fourth-order valence-corrected chi connectivity index (χ4v) is 12.8. The molecule has 1 aliphatic carbocycles. The first kappa shape index (κ1) is 68.3. The van der Waals surface area contributed by atoms with E-state index in [0.29, 0.717) is 54.9 Å². The largest absolute Gasteiger partial charge is 0.395 e. The Labute approximate surface area is 559 Å². The van der Waals surface area contributed by atoms with Gasteiger partial charge in [0.1, 0.15) is 0 Å². The van der Waals surface area contributed by atoms with Crippen LogP contribution >= 0.6 is 0 Å². The molecule has 502 valence electrons. The summed E-state index contributed by atoms with van der Waals surface area (Å²) in [6, 6.07) is 42.0. The van der Waals surface area contributed by atoms with E-state index >= 15 is 0 Å². The summed E-state index contributed by atoms with van der Waals surface area (Å²) in [5.41, 5.74) is 11.3. The molecule has 0 amide bonds. The van der Waals surface area contributed by atoms with Gasteiger partial charge in [0.05, 0.1) is 51.9 Å². The Balaban J connectivity index is 0.000000148. The van der Waals surface area contributed by atoms with Crippen LogP contribution in [0, 0.1) is 41.5 Å². The van der Waals surface area contributed by atoms with Crippen molar-refractivity contribution < 1.29 is 10.2 Å². The molecule has 7 aliphatic rings. The summed E-state index contributed by atoms with van der Waals surface area (Å²) in [7, 11) is 0. The average molecular weight is 1310 g/mol. The number of hydrogen-bond donors (Lipinski definition) is 6. The number of hydrogen-bond acceptors (Lipinski definition) is 17. The van der Waals surface area contributed by atoms with Gasteiger partial charge in [-0.1, -0.05) is 117 Å². The van der Waals surface area contributed by atoms with Gasteiger partial charge in [0.25, 0.3) is 16.7 Å². The fourth-order valence-electron chi connectivity index (χ4n) is 12.8. The normalized spacial score (nSPS) is 13.3. The smallest absolute Gasteiger partial charge is 0.349 e. The standard InChI is InChI=1S/C26H29N5O2.C25H29N5O2.C23H25N5O4/c1-17-14-21-22(15-18(17)2)31(24-23(27-21)25(32)29-26(33)28-24)13-12-30(20-10-6-7-11-20)16-19-8-4-3-5-9-19;1-4-5-11-29(16-19-9-7-6-8-10-19)12-13-30-21-15-18(3)17(2)14-20(21)26-22-23(30)27-25(32)28-24(22)31;1-13-10-16-18(11-14(13)2)28(21-19(25-16)22(31)27-23(32)26-21)9-8-24-17(12-29)20(30)15-6-4-3-5-7-15/h3-5,8-9,14-15,20H,6-7,10-13,16H2,1-2H3,(H,29,32,33);6-10,14-15H,4-5,11-13,16H2,1-3H3,(H,28,31,32);3-7,10-11,17,20,24,29-30H,8-9,12H2,1-2H3,(H,27,31,32)/t;;17-,20-/m..1/s1. The van der Waals surface area contributed by atoms with Crippen molar-refractivity contribution in [3.05, 3.63) is 240 Å². The number of benzene rings is 6. The second-order valence-electron chi connectivity index (χ2n) is 25.3. The molecule has 23 heteroatoms. The number of unbranched alkanes of at least 4 members (excludes halogenated alkanes) is 1. The number of H-pyrrole nitrogens is 3.